The number of ether oxygens (including phenoxy) is 2. The van der Waals surface area contributed by atoms with E-state index in [-0.39, 0.29) is 18.1 Å². The van der Waals surface area contributed by atoms with E-state index in [1.165, 1.54) is 5.69 Å². The molecule has 28 heavy (non-hydrogen) atoms. The summed E-state index contributed by atoms with van der Waals surface area (Å²) in [6, 6.07) is 16.2. The van der Waals surface area contributed by atoms with Crippen molar-refractivity contribution in [2.75, 3.05) is 24.6 Å². The lowest BCUT2D eigenvalue weighted by Crippen LogP contribution is -2.54. The molecule has 5 nitrogen and oxygen atoms in total. The molecule has 1 aliphatic rings. The fourth-order valence-corrected chi connectivity index (χ4v) is 3.29. The smallest absolute Gasteiger partial charge is 0.220 e. The van der Waals surface area contributed by atoms with Gasteiger partial charge in [0.05, 0.1) is 25.7 Å². The van der Waals surface area contributed by atoms with Crippen LogP contribution < -0.4 is 19.7 Å². The van der Waals surface area contributed by atoms with Crippen molar-refractivity contribution in [2.45, 2.75) is 45.8 Å². The number of carbonyl (C=O) groups excluding carboxylic acids is 1. The molecule has 0 aromatic heterocycles. The zero-order valence-electron chi connectivity index (χ0n) is 17.0. The maximum atomic E-state index is 11.7. The molecule has 150 valence electrons. The van der Waals surface area contributed by atoms with Crippen LogP contribution in [0.25, 0.3) is 0 Å². The van der Waals surface area contributed by atoms with Gasteiger partial charge in [0.25, 0.3) is 0 Å². The Morgan fingerprint density at radius 3 is 2.32 bits per heavy atom. The monoisotopic (exact) mass is 382 g/mol. The predicted octanol–water partition coefficient (Wildman–Crippen LogP) is 4.33. The number of anilines is 1. The van der Waals surface area contributed by atoms with Gasteiger partial charge in [-0.2, -0.15) is 0 Å². The molecule has 1 unspecified atom stereocenters. The van der Waals surface area contributed by atoms with Crippen molar-refractivity contribution in [1.82, 2.24) is 5.32 Å². The second kappa shape index (κ2) is 9.49. The largest absolute Gasteiger partial charge is 0.494 e. The quantitative estimate of drug-likeness (QED) is 0.701. The van der Waals surface area contributed by atoms with Crippen molar-refractivity contribution in [1.29, 1.82) is 0 Å². The van der Waals surface area contributed by atoms with Gasteiger partial charge in [-0.25, -0.2) is 0 Å². The summed E-state index contributed by atoms with van der Waals surface area (Å²) in [5.74, 6) is 1.87. The van der Waals surface area contributed by atoms with Crippen LogP contribution in [0.4, 0.5) is 5.69 Å². The number of amides is 1. The third kappa shape index (κ3) is 5.18. The summed E-state index contributed by atoms with van der Waals surface area (Å²) in [4.78, 5) is 14.0. The number of hydrogen-bond donors (Lipinski definition) is 1. The first kappa shape index (κ1) is 20.1. The normalized spacial score (nSPS) is 14.9. The maximum absolute atomic E-state index is 11.7. The Bertz CT molecular complexity index is 752. The van der Waals surface area contributed by atoms with Gasteiger partial charge < -0.3 is 19.7 Å². The zero-order valence-corrected chi connectivity index (χ0v) is 17.0. The Kier molecular flexibility index (Phi) is 6.80. The van der Waals surface area contributed by atoms with E-state index in [0.717, 1.165) is 36.6 Å². The van der Waals surface area contributed by atoms with Gasteiger partial charge in [-0.1, -0.05) is 19.1 Å². The maximum Gasteiger partial charge on any atom is 0.220 e. The molecule has 1 amide bonds. The summed E-state index contributed by atoms with van der Waals surface area (Å²) in [6.45, 7) is 8.43. The minimum atomic E-state index is 0.00644. The number of nitrogens with one attached hydrogen (secondary N) is 1. The van der Waals surface area contributed by atoms with E-state index in [1.807, 2.05) is 57.2 Å². The molecule has 3 rings (SSSR count). The van der Waals surface area contributed by atoms with Crippen molar-refractivity contribution >= 4 is 11.6 Å². The summed E-state index contributed by atoms with van der Waals surface area (Å²) in [5.41, 5.74) is 2.27. The molecule has 1 atom stereocenters. The third-order valence-electron chi connectivity index (χ3n) is 4.90. The molecule has 0 saturated carbocycles. The van der Waals surface area contributed by atoms with Gasteiger partial charge in [-0.3, -0.25) is 4.79 Å². The first-order valence-electron chi connectivity index (χ1n) is 10.1. The van der Waals surface area contributed by atoms with Gasteiger partial charge in [0.15, 0.2) is 0 Å². The summed E-state index contributed by atoms with van der Waals surface area (Å²) in [7, 11) is 0. The molecule has 1 fully saturated rings. The van der Waals surface area contributed by atoms with Crippen LogP contribution in [0.5, 0.6) is 11.5 Å². The summed E-state index contributed by atoms with van der Waals surface area (Å²) >= 11 is 0. The molecule has 1 N–H and O–H groups in total. The summed E-state index contributed by atoms with van der Waals surface area (Å²) in [6.07, 6.45) is 1.62. The minimum absolute atomic E-state index is 0.00644. The van der Waals surface area contributed by atoms with E-state index in [9.17, 15) is 4.79 Å². The average Bonchev–Trinajstić information content (AvgIpc) is 2.66. The molecular formula is C23H30N2O3. The van der Waals surface area contributed by atoms with Crippen molar-refractivity contribution in [3.63, 3.8) is 0 Å². The lowest BCUT2D eigenvalue weighted by Gasteiger charge is -2.40. The predicted molar refractivity (Wildman–Crippen MR) is 112 cm³/mol. The van der Waals surface area contributed by atoms with Crippen LogP contribution in [-0.2, 0) is 4.79 Å². The second-order valence-corrected chi connectivity index (χ2v) is 7.18. The topological polar surface area (TPSA) is 50.8 Å². The van der Waals surface area contributed by atoms with E-state index in [4.69, 9.17) is 9.47 Å². The molecule has 2 aromatic carbocycles. The second-order valence-electron chi connectivity index (χ2n) is 7.18. The molecule has 1 saturated heterocycles. The molecular weight excluding hydrogens is 352 g/mol. The highest BCUT2D eigenvalue weighted by Crippen LogP contribution is 2.26. The molecule has 5 heteroatoms. The fraction of sp³-hybridized carbons (Fsp3) is 0.435. The minimum Gasteiger partial charge on any atom is -0.494 e. The van der Waals surface area contributed by atoms with Gasteiger partial charge in [-0.15, -0.1) is 0 Å². The van der Waals surface area contributed by atoms with Gasteiger partial charge in [-0.05, 0) is 62.2 Å². The lowest BCUT2D eigenvalue weighted by molar-refractivity contribution is -0.121. The molecule has 1 heterocycles. The standard InChI is InChI=1S/C23H30N2O3/c1-4-6-23(26)24-17(3)18-7-11-21(12-8-18)28-22-15-25(16-22)19-9-13-20(14-10-19)27-5-2/h7-14,17,22H,4-6,15-16H2,1-3H3,(H,24,26). The molecule has 0 bridgehead atoms. The van der Waals surface area contributed by atoms with Crippen molar-refractivity contribution in [3.05, 3.63) is 54.1 Å². The Morgan fingerprint density at radius 1 is 1.07 bits per heavy atom. The van der Waals surface area contributed by atoms with Gasteiger partial charge in [0.1, 0.15) is 17.6 Å². The van der Waals surface area contributed by atoms with Crippen molar-refractivity contribution < 1.29 is 14.3 Å². The van der Waals surface area contributed by atoms with E-state index in [1.54, 1.807) is 0 Å². The number of benzene rings is 2. The van der Waals surface area contributed by atoms with Crippen molar-refractivity contribution in [2.24, 2.45) is 0 Å². The number of rotatable bonds is 9. The van der Waals surface area contributed by atoms with E-state index in [2.05, 4.69) is 22.3 Å². The zero-order chi connectivity index (χ0) is 19.9. The first-order valence-corrected chi connectivity index (χ1v) is 10.1. The molecule has 1 aliphatic heterocycles. The Balaban J connectivity index is 1.46. The molecule has 0 spiro atoms. The molecule has 0 radical (unpaired) electrons. The average molecular weight is 383 g/mol. The van der Waals surface area contributed by atoms with E-state index >= 15 is 0 Å². The van der Waals surface area contributed by atoms with Crippen LogP contribution in [0.2, 0.25) is 0 Å². The molecule has 0 aliphatic carbocycles. The van der Waals surface area contributed by atoms with Crippen LogP contribution in [0.1, 0.15) is 45.2 Å². The van der Waals surface area contributed by atoms with Crippen LogP contribution in [0.3, 0.4) is 0 Å². The Morgan fingerprint density at radius 2 is 1.71 bits per heavy atom. The van der Waals surface area contributed by atoms with Gasteiger partial charge >= 0.3 is 0 Å². The third-order valence-corrected chi connectivity index (χ3v) is 4.90. The number of nitrogens with zero attached hydrogens (tertiary/aromatic N) is 1. The van der Waals surface area contributed by atoms with Crippen molar-refractivity contribution in [3.8, 4) is 11.5 Å². The van der Waals surface area contributed by atoms with Gasteiger partial charge in [0, 0.05) is 12.1 Å². The number of carbonyl (C=O) groups is 1. The molecule has 2 aromatic rings. The highest BCUT2D eigenvalue weighted by molar-refractivity contribution is 5.76. The Hall–Kier alpha value is -2.69. The van der Waals surface area contributed by atoms with E-state index in [0.29, 0.717) is 13.0 Å². The lowest BCUT2D eigenvalue weighted by atomic mass is 10.1. The SMILES string of the molecule is CCCC(=O)NC(C)c1ccc(OC2CN(c3ccc(OCC)cc3)C2)cc1. The Labute approximate surface area is 167 Å². The van der Waals surface area contributed by atoms with E-state index < -0.39 is 0 Å². The fourth-order valence-electron chi connectivity index (χ4n) is 3.29. The van der Waals surface area contributed by atoms with Crippen LogP contribution >= 0.6 is 0 Å². The first-order chi connectivity index (χ1) is 13.6. The summed E-state index contributed by atoms with van der Waals surface area (Å²) < 4.78 is 11.6. The summed E-state index contributed by atoms with van der Waals surface area (Å²) in [5, 5.41) is 3.02. The van der Waals surface area contributed by atoms with Crippen LogP contribution in [0.15, 0.2) is 48.5 Å². The number of hydrogen-bond acceptors (Lipinski definition) is 4. The van der Waals surface area contributed by atoms with Gasteiger partial charge in [0.2, 0.25) is 5.91 Å². The highest BCUT2D eigenvalue weighted by Gasteiger charge is 2.28. The van der Waals surface area contributed by atoms with Crippen LogP contribution in [0, 0.1) is 0 Å². The highest BCUT2D eigenvalue weighted by atomic mass is 16.5. The van der Waals surface area contributed by atoms with Crippen LogP contribution in [-0.4, -0.2) is 31.7 Å².